The molecule has 1 atom stereocenters. The van der Waals surface area contributed by atoms with Gasteiger partial charge in [-0.25, -0.2) is 4.98 Å². The second-order valence-electron chi connectivity index (χ2n) is 3.53. The molecular weight excluding hydrogens is 291 g/mol. The molecule has 0 saturated carbocycles. The summed E-state index contributed by atoms with van der Waals surface area (Å²) < 4.78 is 1.07. The molecule has 4 heteroatoms. The van der Waals surface area contributed by atoms with Gasteiger partial charge in [-0.15, -0.1) is 0 Å². The minimum atomic E-state index is -0.326. The lowest BCUT2D eigenvalue weighted by Gasteiger charge is -2.15. The highest BCUT2D eigenvalue weighted by Crippen LogP contribution is 2.14. The van der Waals surface area contributed by atoms with Crippen LogP contribution in [0.25, 0.3) is 0 Å². The topological polar surface area (TPSA) is 45.1 Å². The fourth-order valence-corrected chi connectivity index (χ4v) is 1.49. The van der Waals surface area contributed by atoms with Gasteiger partial charge in [0.15, 0.2) is 0 Å². The molecule has 0 spiro atoms. The summed E-state index contributed by atoms with van der Waals surface area (Å²) in [6.07, 6.45) is 1.42. The van der Waals surface area contributed by atoms with Crippen LogP contribution in [0.2, 0.25) is 0 Å². The van der Waals surface area contributed by atoms with Crippen molar-refractivity contribution >= 4 is 28.4 Å². The molecule has 0 fully saturated rings. The van der Waals surface area contributed by atoms with E-state index in [0.717, 1.165) is 9.39 Å². The first kappa shape index (κ1) is 11.7. The lowest BCUT2D eigenvalue weighted by molar-refractivity contribution is 0.138. The molecule has 0 amide bonds. The quantitative estimate of drug-likeness (QED) is 0.838. The van der Waals surface area contributed by atoms with Gasteiger partial charge in [0.1, 0.15) is 5.82 Å². The van der Waals surface area contributed by atoms with Gasteiger partial charge in [-0.1, -0.05) is 13.8 Å². The summed E-state index contributed by atoms with van der Waals surface area (Å²) in [6.45, 7) is 4.54. The highest BCUT2D eigenvalue weighted by molar-refractivity contribution is 14.1. The predicted octanol–water partition coefficient (Wildman–Crippen LogP) is 2.12. The van der Waals surface area contributed by atoms with E-state index in [2.05, 4.69) is 32.9 Å². The van der Waals surface area contributed by atoms with E-state index in [1.807, 2.05) is 26.0 Å². The van der Waals surface area contributed by atoms with Gasteiger partial charge in [-0.05, 0) is 40.6 Å². The van der Waals surface area contributed by atoms with Crippen molar-refractivity contribution in [1.82, 2.24) is 4.98 Å². The minimum Gasteiger partial charge on any atom is -0.391 e. The van der Waals surface area contributed by atoms with Gasteiger partial charge in [0.2, 0.25) is 0 Å². The van der Waals surface area contributed by atoms with Crippen molar-refractivity contribution in [2.45, 2.75) is 20.0 Å². The van der Waals surface area contributed by atoms with Crippen LogP contribution in [0.1, 0.15) is 13.8 Å². The van der Waals surface area contributed by atoms with Crippen LogP contribution in [0.5, 0.6) is 0 Å². The summed E-state index contributed by atoms with van der Waals surface area (Å²) in [5, 5.41) is 12.7. The highest BCUT2D eigenvalue weighted by atomic mass is 127. The van der Waals surface area contributed by atoms with E-state index in [1.165, 1.54) is 0 Å². The number of hydrogen-bond donors (Lipinski definition) is 2. The fraction of sp³-hybridized carbons (Fsp3) is 0.500. The highest BCUT2D eigenvalue weighted by Gasteiger charge is 2.09. The van der Waals surface area contributed by atoms with Gasteiger partial charge in [0.25, 0.3) is 0 Å². The van der Waals surface area contributed by atoms with E-state index >= 15 is 0 Å². The molecule has 1 aromatic heterocycles. The molecule has 1 heterocycles. The predicted molar refractivity (Wildman–Crippen MR) is 66.3 cm³/mol. The molecule has 1 rings (SSSR count). The van der Waals surface area contributed by atoms with Crippen molar-refractivity contribution in [3.63, 3.8) is 0 Å². The molecule has 0 aliphatic heterocycles. The number of pyridine rings is 1. The van der Waals surface area contributed by atoms with Crippen LogP contribution in [-0.4, -0.2) is 22.7 Å². The molecule has 0 radical (unpaired) electrons. The molecule has 1 aromatic rings. The molecule has 0 aliphatic carbocycles. The number of aliphatic hydroxyl groups excluding tert-OH is 1. The number of anilines is 1. The Labute approximate surface area is 98.1 Å². The maximum absolute atomic E-state index is 9.59. The Hall–Kier alpha value is -0.360. The third kappa shape index (κ3) is 3.42. The van der Waals surface area contributed by atoms with Crippen LogP contribution in [0.4, 0.5) is 5.82 Å². The number of hydrogen-bond acceptors (Lipinski definition) is 3. The number of rotatable bonds is 4. The number of aliphatic hydroxyl groups is 1. The van der Waals surface area contributed by atoms with Crippen LogP contribution in [0.15, 0.2) is 18.3 Å². The third-order valence-corrected chi connectivity index (χ3v) is 2.88. The minimum absolute atomic E-state index is 0.267. The normalized spacial score (nSPS) is 12.9. The summed E-state index contributed by atoms with van der Waals surface area (Å²) in [7, 11) is 0. The van der Waals surface area contributed by atoms with Crippen molar-refractivity contribution in [2.75, 3.05) is 11.9 Å². The first-order valence-corrected chi connectivity index (χ1v) is 5.71. The first-order chi connectivity index (χ1) is 6.61. The van der Waals surface area contributed by atoms with Crippen LogP contribution in [0, 0.1) is 9.49 Å². The number of halogens is 1. The lowest BCUT2D eigenvalue weighted by Crippen LogP contribution is -2.25. The Kier molecular flexibility index (Phi) is 4.60. The maximum Gasteiger partial charge on any atom is 0.139 e. The second-order valence-corrected chi connectivity index (χ2v) is 4.69. The monoisotopic (exact) mass is 306 g/mol. The van der Waals surface area contributed by atoms with Gasteiger partial charge in [-0.3, -0.25) is 0 Å². The summed E-state index contributed by atoms with van der Waals surface area (Å²) >= 11 is 2.22. The van der Waals surface area contributed by atoms with Crippen molar-refractivity contribution < 1.29 is 5.11 Å². The molecular formula is C10H15IN2O. The largest absolute Gasteiger partial charge is 0.391 e. The molecule has 1 unspecified atom stereocenters. The standard InChI is InChI=1S/C10H15IN2O/c1-7(2)9(14)6-13-10-8(11)4-3-5-12-10/h3-5,7,9,14H,6H2,1-2H3,(H,12,13). The molecule has 3 nitrogen and oxygen atoms in total. The van der Waals surface area contributed by atoms with E-state index in [1.54, 1.807) is 6.20 Å². The first-order valence-electron chi connectivity index (χ1n) is 4.63. The second kappa shape index (κ2) is 5.50. The van der Waals surface area contributed by atoms with Gasteiger partial charge in [-0.2, -0.15) is 0 Å². The third-order valence-electron chi connectivity index (χ3n) is 2.01. The van der Waals surface area contributed by atoms with Crippen molar-refractivity contribution in [3.05, 3.63) is 21.9 Å². The van der Waals surface area contributed by atoms with Gasteiger partial charge >= 0.3 is 0 Å². The maximum atomic E-state index is 9.59. The molecule has 0 aromatic carbocycles. The summed E-state index contributed by atoms with van der Waals surface area (Å²) in [4.78, 5) is 4.18. The van der Waals surface area contributed by atoms with Crippen molar-refractivity contribution in [3.8, 4) is 0 Å². The molecule has 0 aliphatic rings. The van der Waals surface area contributed by atoms with Crippen LogP contribution < -0.4 is 5.32 Å². The zero-order chi connectivity index (χ0) is 10.6. The Balaban J connectivity index is 2.50. The average Bonchev–Trinajstić information content (AvgIpc) is 2.16. The average molecular weight is 306 g/mol. The molecule has 0 bridgehead atoms. The van der Waals surface area contributed by atoms with E-state index in [9.17, 15) is 5.11 Å². The van der Waals surface area contributed by atoms with Crippen LogP contribution in [-0.2, 0) is 0 Å². The van der Waals surface area contributed by atoms with Crippen molar-refractivity contribution in [2.24, 2.45) is 5.92 Å². The SMILES string of the molecule is CC(C)C(O)CNc1ncccc1I. The molecule has 14 heavy (non-hydrogen) atoms. The number of nitrogens with one attached hydrogen (secondary N) is 1. The van der Waals surface area contributed by atoms with E-state index in [-0.39, 0.29) is 12.0 Å². The van der Waals surface area contributed by atoms with Crippen molar-refractivity contribution in [1.29, 1.82) is 0 Å². The molecule has 78 valence electrons. The summed E-state index contributed by atoms with van der Waals surface area (Å²) in [6, 6.07) is 3.88. The van der Waals surface area contributed by atoms with Gasteiger partial charge < -0.3 is 10.4 Å². The van der Waals surface area contributed by atoms with E-state index in [0.29, 0.717) is 6.54 Å². The van der Waals surface area contributed by atoms with Crippen LogP contribution in [0.3, 0.4) is 0 Å². The van der Waals surface area contributed by atoms with Gasteiger partial charge in [0.05, 0.1) is 9.67 Å². The molecule has 2 N–H and O–H groups in total. The Morgan fingerprint density at radius 2 is 2.29 bits per heavy atom. The van der Waals surface area contributed by atoms with E-state index in [4.69, 9.17) is 0 Å². The van der Waals surface area contributed by atoms with E-state index < -0.39 is 0 Å². The Morgan fingerprint density at radius 3 is 2.86 bits per heavy atom. The summed E-state index contributed by atoms with van der Waals surface area (Å²) in [5.74, 6) is 1.11. The fourth-order valence-electron chi connectivity index (χ4n) is 0.953. The van der Waals surface area contributed by atoms with Gasteiger partial charge in [0, 0.05) is 12.7 Å². The smallest absolute Gasteiger partial charge is 0.139 e. The van der Waals surface area contributed by atoms with Crippen LogP contribution >= 0.6 is 22.6 Å². The number of nitrogens with zero attached hydrogens (tertiary/aromatic N) is 1. The zero-order valence-corrected chi connectivity index (χ0v) is 10.5. The Bertz CT molecular complexity index is 291. The zero-order valence-electron chi connectivity index (χ0n) is 8.37. The lowest BCUT2D eigenvalue weighted by atomic mass is 10.1. The summed E-state index contributed by atoms with van der Waals surface area (Å²) in [5.41, 5.74) is 0. The number of aromatic nitrogens is 1. The Morgan fingerprint density at radius 1 is 1.57 bits per heavy atom. The molecule has 0 saturated heterocycles.